The molecule has 1 amide bonds. The monoisotopic (exact) mass is 435 g/mol. The first-order chi connectivity index (χ1) is 14.8. The summed E-state index contributed by atoms with van der Waals surface area (Å²) >= 11 is 0. The molecule has 1 aliphatic heterocycles. The van der Waals surface area contributed by atoms with Crippen molar-refractivity contribution in [2.75, 3.05) is 13.4 Å². The van der Waals surface area contributed by atoms with Crippen molar-refractivity contribution in [3.05, 3.63) is 53.9 Å². The molecule has 0 spiro atoms. The Morgan fingerprint density at radius 2 is 1.90 bits per heavy atom. The minimum Gasteiger partial charge on any atom is -0.454 e. The van der Waals surface area contributed by atoms with Crippen LogP contribution >= 0.6 is 0 Å². The highest BCUT2D eigenvalue weighted by molar-refractivity contribution is 5.82. The van der Waals surface area contributed by atoms with Crippen LogP contribution in [-0.2, 0) is 33.6 Å². The summed E-state index contributed by atoms with van der Waals surface area (Å²) in [5.74, 6) is -1.64. The second kappa shape index (κ2) is 8.17. The molecular weight excluding hydrogens is 419 g/mol. The van der Waals surface area contributed by atoms with Crippen LogP contribution in [0.2, 0.25) is 0 Å². The number of para-hydroxylation sites is 2. The molecule has 162 valence electrons. The number of nitrogens with one attached hydrogen (secondary N) is 1. The number of nitrogens with zero attached hydrogens (tertiary/aromatic N) is 2. The average molecular weight is 435 g/mol. The van der Waals surface area contributed by atoms with Crippen LogP contribution in [0.3, 0.4) is 0 Å². The number of carbonyl (C=O) groups excluding carboxylic acids is 2. The first kappa shape index (κ1) is 20.5. The maximum Gasteiger partial charge on any atom is 0.449 e. The molecule has 0 atom stereocenters. The van der Waals surface area contributed by atoms with Crippen molar-refractivity contribution in [1.82, 2.24) is 14.9 Å². The molecule has 0 radical (unpaired) electrons. The number of ether oxygens (including phenoxy) is 3. The lowest BCUT2D eigenvalue weighted by Gasteiger charge is -2.11. The summed E-state index contributed by atoms with van der Waals surface area (Å²) < 4.78 is 55.9. The van der Waals surface area contributed by atoms with Crippen LogP contribution in [0.25, 0.3) is 11.0 Å². The maximum absolute atomic E-state index is 13.3. The molecule has 0 saturated heterocycles. The first-order valence-electron chi connectivity index (χ1n) is 9.14. The van der Waals surface area contributed by atoms with E-state index in [0.29, 0.717) is 11.5 Å². The number of rotatable bonds is 6. The molecule has 0 unspecified atom stereocenters. The summed E-state index contributed by atoms with van der Waals surface area (Å²) in [6.07, 6.45) is -4.75. The number of halogens is 3. The van der Waals surface area contributed by atoms with Crippen molar-refractivity contribution >= 4 is 22.9 Å². The Labute approximate surface area is 173 Å². The minimum absolute atomic E-state index is 0.101. The molecule has 2 heterocycles. The average Bonchev–Trinajstić information content (AvgIpc) is 3.35. The van der Waals surface area contributed by atoms with Gasteiger partial charge in [-0.15, -0.1) is 0 Å². The number of benzene rings is 2. The molecule has 31 heavy (non-hydrogen) atoms. The second-order valence-electron chi connectivity index (χ2n) is 6.63. The Bertz CT molecular complexity index is 1140. The lowest BCUT2D eigenvalue weighted by Crippen LogP contribution is -2.29. The van der Waals surface area contributed by atoms with Crippen molar-refractivity contribution in [1.29, 1.82) is 0 Å². The van der Waals surface area contributed by atoms with Gasteiger partial charge in [-0.25, -0.2) is 4.98 Å². The predicted molar refractivity (Wildman–Crippen MR) is 100 cm³/mol. The molecule has 11 heteroatoms. The van der Waals surface area contributed by atoms with Crippen molar-refractivity contribution < 1.29 is 37.0 Å². The van der Waals surface area contributed by atoms with E-state index in [1.807, 2.05) is 0 Å². The number of esters is 1. The predicted octanol–water partition coefficient (Wildman–Crippen LogP) is 2.64. The van der Waals surface area contributed by atoms with E-state index in [9.17, 15) is 22.8 Å². The molecule has 1 aromatic heterocycles. The maximum atomic E-state index is 13.3. The zero-order chi connectivity index (χ0) is 22.0. The third-order valence-corrected chi connectivity index (χ3v) is 4.49. The molecule has 3 aromatic rings. The number of hydrogen-bond donors (Lipinski definition) is 1. The van der Waals surface area contributed by atoms with Crippen molar-refractivity contribution in [3.8, 4) is 11.5 Å². The van der Waals surface area contributed by atoms with Crippen molar-refractivity contribution in [2.45, 2.75) is 19.3 Å². The number of hydrogen-bond acceptors (Lipinski definition) is 6. The lowest BCUT2D eigenvalue weighted by atomic mass is 10.2. The van der Waals surface area contributed by atoms with Gasteiger partial charge in [-0.2, -0.15) is 13.2 Å². The number of fused-ring (bicyclic) bond motifs is 2. The summed E-state index contributed by atoms with van der Waals surface area (Å²) in [5.41, 5.74) is 0.978. The summed E-state index contributed by atoms with van der Waals surface area (Å²) in [6.45, 7) is -1.08. The fraction of sp³-hybridized carbons (Fsp3) is 0.250. The van der Waals surface area contributed by atoms with Crippen LogP contribution in [0.4, 0.5) is 13.2 Å². The molecule has 0 aliphatic carbocycles. The summed E-state index contributed by atoms with van der Waals surface area (Å²) in [6, 6.07) is 11.1. The normalized spacial score (nSPS) is 12.7. The summed E-state index contributed by atoms with van der Waals surface area (Å²) in [4.78, 5) is 27.6. The van der Waals surface area contributed by atoms with Gasteiger partial charge in [0.2, 0.25) is 12.6 Å². The molecule has 0 fully saturated rings. The van der Waals surface area contributed by atoms with Gasteiger partial charge >= 0.3 is 12.1 Å². The van der Waals surface area contributed by atoms with Crippen LogP contribution in [0.1, 0.15) is 11.4 Å². The number of amides is 1. The summed E-state index contributed by atoms with van der Waals surface area (Å²) in [5, 5.41) is 2.56. The van der Waals surface area contributed by atoms with Crippen LogP contribution in [0, 0.1) is 0 Å². The zero-order valence-corrected chi connectivity index (χ0v) is 15.9. The standard InChI is InChI=1S/C20H16F3N3O5/c21-20(22,23)19-25-13-3-1-2-4-14(13)26(19)9-18(28)29-10-17(27)24-8-12-5-6-15-16(7-12)31-11-30-15/h1-7H,8-11H2,(H,24,27). The molecule has 0 saturated carbocycles. The minimum atomic E-state index is -4.75. The molecule has 1 aliphatic rings. The van der Waals surface area contributed by atoms with Gasteiger partial charge in [0.25, 0.3) is 5.91 Å². The zero-order valence-electron chi connectivity index (χ0n) is 15.9. The van der Waals surface area contributed by atoms with E-state index < -0.39 is 37.0 Å². The first-order valence-corrected chi connectivity index (χ1v) is 9.14. The molecular formula is C20H16F3N3O5. The Kier molecular flexibility index (Phi) is 5.40. The van der Waals surface area contributed by atoms with E-state index in [1.165, 1.54) is 18.2 Å². The van der Waals surface area contributed by atoms with Gasteiger partial charge in [-0.1, -0.05) is 18.2 Å². The van der Waals surface area contributed by atoms with E-state index in [4.69, 9.17) is 14.2 Å². The molecule has 4 rings (SSSR count). The van der Waals surface area contributed by atoms with E-state index >= 15 is 0 Å². The SMILES string of the molecule is O=C(COC(=O)Cn1c(C(F)(F)F)nc2ccccc21)NCc1ccc2c(c1)OCO2. The number of imidazole rings is 1. The third-order valence-electron chi connectivity index (χ3n) is 4.49. The molecule has 1 N–H and O–H groups in total. The van der Waals surface area contributed by atoms with Gasteiger partial charge in [0.15, 0.2) is 18.1 Å². The van der Waals surface area contributed by atoms with Gasteiger partial charge in [-0.05, 0) is 29.8 Å². The van der Waals surface area contributed by atoms with Gasteiger partial charge in [-0.3, -0.25) is 9.59 Å². The highest BCUT2D eigenvalue weighted by atomic mass is 19.4. The van der Waals surface area contributed by atoms with Gasteiger partial charge < -0.3 is 24.1 Å². The highest BCUT2D eigenvalue weighted by Gasteiger charge is 2.38. The van der Waals surface area contributed by atoms with Gasteiger partial charge in [0.05, 0.1) is 11.0 Å². The fourth-order valence-corrected chi connectivity index (χ4v) is 3.08. The molecule has 8 nitrogen and oxygen atoms in total. The van der Waals surface area contributed by atoms with Crippen molar-refractivity contribution in [2.24, 2.45) is 0 Å². The Balaban J connectivity index is 1.34. The largest absolute Gasteiger partial charge is 0.454 e. The number of carbonyl (C=O) groups is 2. The van der Waals surface area contributed by atoms with Gasteiger partial charge in [0.1, 0.15) is 6.54 Å². The Morgan fingerprint density at radius 3 is 2.71 bits per heavy atom. The lowest BCUT2D eigenvalue weighted by molar-refractivity contribution is -0.153. The topological polar surface area (TPSA) is 91.7 Å². The number of alkyl halides is 3. The smallest absolute Gasteiger partial charge is 0.449 e. The number of aromatic nitrogens is 2. The molecule has 2 aromatic carbocycles. The van der Waals surface area contributed by atoms with Crippen LogP contribution in [0.15, 0.2) is 42.5 Å². The van der Waals surface area contributed by atoms with Crippen LogP contribution in [0.5, 0.6) is 11.5 Å². The third kappa shape index (κ3) is 4.55. The van der Waals surface area contributed by atoms with E-state index in [1.54, 1.807) is 24.3 Å². The van der Waals surface area contributed by atoms with Gasteiger partial charge in [0, 0.05) is 6.54 Å². The Hall–Kier alpha value is -3.76. The van der Waals surface area contributed by atoms with E-state index in [-0.39, 0.29) is 24.4 Å². The highest BCUT2D eigenvalue weighted by Crippen LogP contribution is 2.33. The van der Waals surface area contributed by atoms with Crippen molar-refractivity contribution in [3.63, 3.8) is 0 Å². The quantitative estimate of drug-likeness (QED) is 0.599. The van der Waals surface area contributed by atoms with Crippen LogP contribution in [-0.4, -0.2) is 34.8 Å². The van der Waals surface area contributed by atoms with E-state index in [2.05, 4.69) is 10.3 Å². The van der Waals surface area contributed by atoms with Crippen LogP contribution < -0.4 is 14.8 Å². The fourth-order valence-electron chi connectivity index (χ4n) is 3.08. The Morgan fingerprint density at radius 1 is 1.13 bits per heavy atom. The summed E-state index contributed by atoms with van der Waals surface area (Å²) in [7, 11) is 0. The molecule has 0 bridgehead atoms. The second-order valence-corrected chi connectivity index (χ2v) is 6.63. The van der Waals surface area contributed by atoms with E-state index in [0.717, 1.165) is 10.1 Å².